The highest BCUT2D eigenvalue weighted by molar-refractivity contribution is 7.99. The van der Waals surface area contributed by atoms with Crippen LogP contribution < -0.4 is 5.32 Å². The van der Waals surface area contributed by atoms with Gasteiger partial charge in [-0.25, -0.2) is 0 Å². The molecular weight excluding hydrogens is 142 g/mol. The Bertz CT molecular complexity index is 81.3. The number of thioether (sulfide) groups is 1. The van der Waals surface area contributed by atoms with Crippen LogP contribution in [0.3, 0.4) is 0 Å². The summed E-state index contributed by atoms with van der Waals surface area (Å²) < 4.78 is 0. The first-order valence-electron chi connectivity index (χ1n) is 4.16. The molecule has 60 valence electrons. The highest BCUT2D eigenvalue weighted by Gasteiger charge is 2.16. The molecule has 2 heteroatoms. The van der Waals surface area contributed by atoms with Crippen LogP contribution in [0.5, 0.6) is 0 Å². The van der Waals surface area contributed by atoms with Gasteiger partial charge in [0.2, 0.25) is 0 Å². The lowest BCUT2D eigenvalue weighted by Gasteiger charge is -2.24. The zero-order valence-electron chi connectivity index (χ0n) is 6.73. The van der Waals surface area contributed by atoms with E-state index in [-0.39, 0.29) is 0 Å². The smallest absolute Gasteiger partial charge is 0.00580 e. The quantitative estimate of drug-likeness (QED) is 0.613. The fourth-order valence-electron chi connectivity index (χ4n) is 1.08. The summed E-state index contributed by atoms with van der Waals surface area (Å²) in [6.45, 7) is 1.16. The van der Waals surface area contributed by atoms with Crippen molar-refractivity contribution < 1.29 is 0 Å². The lowest BCUT2D eigenvalue weighted by molar-refractivity contribution is 0.353. The molecule has 0 spiro atoms. The molecule has 0 aromatic rings. The van der Waals surface area contributed by atoms with E-state index in [0.717, 1.165) is 12.5 Å². The third kappa shape index (κ3) is 2.93. The van der Waals surface area contributed by atoms with E-state index in [1.165, 1.54) is 30.8 Å². The highest BCUT2D eigenvalue weighted by atomic mass is 32.2. The predicted molar refractivity (Wildman–Crippen MR) is 48.6 cm³/mol. The average molecular weight is 159 g/mol. The summed E-state index contributed by atoms with van der Waals surface area (Å²) in [5.74, 6) is 3.76. The zero-order valence-corrected chi connectivity index (χ0v) is 7.54. The van der Waals surface area contributed by atoms with Crippen molar-refractivity contribution in [2.45, 2.75) is 19.3 Å². The third-order valence-corrected chi connectivity index (χ3v) is 3.27. The SMILES string of the molecule is CNCCSCC1CCC1. The minimum Gasteiger partial charge on any atom is -0.319 e. The summed E-state index contributed by atoms with van der Waals surface area (Å²) in [6, 6.07) is 0. The molecular formula is C8H17NS. The molecule has 1 nitrogen and oxygen atoms in total. The number of nitrogens with one attached hydrogen (secondary N) is 1. The first-order chi connectivity index (χ1) is 4.93. The number of rotatable bonds is 5. The van der Waals surface area contributed by atoms with Crippen LogP contribution in [0, 0.1) is 5.92 Å². The minimum absolute atomic E-state index is 1.07. The summed E-state index contributed by atoms with van der Waals surface area (Å²) in [6.07, 6.45) is 4.47. The Labute approximate surface area is 68.0 Å². The molecule has 1 saturated carbocycles. The summed E-state index contributed by atoms with van der Waals surface area (Å²) >= 11 is 2.10. The zero-order chi connectivity index (χ0) is 7.23. The molecule has 1 aliphatic carbocycles. The number of hydrogen-bond acceptors (Lipinski definition) is 2. The Morgan fingerprint density at radius 3 is 2.80 bits per heavy atom. The van der Waals surface area contributed by atoms with Crippen LogP contribution in [0.25, 0.3) is 0 Å². The maximum Gasteiger partial charge on any atom is 0.00580 e. The summed E-state index contributed by atoms with van der Waals surface area (Å²) in [5.41, 5.74) is 0. The molecule has 0 heterocycles. The normalized spacial score (nSPS) is 18.9. The molecule has 0 unspecified atom stereocenters. The molecule has 0 bridgehead atoms. The van der Waals surface area contributed by atoms with Gasteiger partial charge in [-0.1, -0.05) is 6.42 Å². The Kier molecular flexibility index (Phi) is 4.23. The molecule has 0 saturated heterocycles. The van der Waals surface area contributed by atoms with Crippen LogP contribution in [-0.4, -0.2) is 25.1 Å². The van der Waals surface area contributed by atoms with Gasteiger partial charge in [0.1, 0.15) is 0 Å². The fourth-order valence-corrected chi connectivity index (χ4v) is 2.27. The van der Waals surface area contributed by atoms with Crippen molar-refractivity contribution in [1.29, 1.82) is 0 Å². The van der Waals surface area contributed by atoms with Crippen LogP contribution in [0.2, 0.25) is 0 Å². The van der Waals surface area contributed by atoms with Crippen molar-refractivity contribution in [2.75, 3.05) is 25.1 Å². The largest absolute Gasteiger partial charge is 0.319 e. The molecule has 1 fully saturated rings. The van der Waals surface area contributed by atoms with E-state index < -0.39 is 0 Å². The van der Waals surface area contributed by atoms with Crippen molar-refractivity contribution in [1.82, 2.24) is 5.32 Å². The van der Waals surface area contributed by atoms with E-state index in [4.69, 9.17) is 0 Å². The lowest BCUT2D eigenvalue weighted by Crippen LogP contribution is -2.15. The lowest BCUT2D eigenvalue weighted by atomic mass is 9.87. The second-order valence-electron chi connectivity index (χ2n) is 2.98. The highest BCUT2D eigenvalue weighted by Crippen LogP contribution is 2.29. The first-order valence-corrected chi connectivity index (χ1v) is 5.31. The number of hydrogen-bond donors (Lipinski definition) is 1. The van der Waals surface area contributed by atoms with Gasteiger partial charge in [0.05, 0.1) is 0 Å². The standard InChI is InChI=1S/C8H17NS/c1-9-5-6-10-7-8-3-2-4-8/h8-9H,2-7H2,1H3. The molecule has 0 amide bonds. The van der Waals surface area contributed by atoms with E-state index in [1.54, 1.807) is 0 Å². The summed E-state index contributed by atoms with van der Waals surface area (Å²) in [4.78, 5) is 0. The Morgan fingerprint density at radius 1 is 1.50 bits per heavy atom. The molecule has 1 rings (SSSR count). The molecule has 1 N–H and O–H groups in total. The van der Waals surface area contributed by atoms with Gasteiger partial charge in [-0.05, 0) is 31.6 Å². The van der Waals surface area contributed by atoms with Crippen LogP contribution in [0.1, 0.15) is 19.3 Å². The van der Waals surface area contributed by atoms with E-state index >= 15 is 0 Å². The Balaban J connectivity index is 1.76. The van der Waals surface area contributed by atoms with E-state index in [0.29, 0.717) is 0 Å². The van der Waals surface area contributed by atoms with Gasteiger partial charge in [0.25, 0.3) is 0 Å². The topological polar surface area (TPSA) is 12.0 Å². The minimum atomic E-state index is 1.07. The van der Waals surface area contributed by atoms with E-state index in [1.807, 2.05) is 7.05 Å². The first kappa shape index (κ1) is 8.41. The van der Waals surface area contributed by atoms with Crippen molar-refractivity contribution in [3.05, 3.63) is 0 Å². The van der Waals surface area contributed by atoms with Gasteiger partial charge in [0, 0.05) is 12.3 Å². The second-order valence-corrected chi connectivity index (χ2v) is 4.13. The van der Waals surface area contributed by atoms with Crippen LogP contribution in [0.15, 0.2) is 0 Å². The molecule has 0 atom stereocenters. The summed E-state index contributed by atoms with van der Waals surface area (Å²) in [7, 11) is 2.02. The predicted octanol–water partition coefficient (Wildman–Crippen LogP) is 1.74. The van der Waals surface area contributed by atoms with Gasteiger partial charge >= 0.3 is 0 Å². The monoisotopic (exact) mass is 159 g/mol. The van der Waals surface area contributed by atoms with E-state index in [9.17, 15) is 0 Å². The maximum absolute atomic E-state index is 3.16. The van der Waals surface area contributed by atoms with Crippen LogP contribution in [-0.2, 0) is 0 Å². The van der Waals surface area contributed by atoms with Gasteiger partial charge < -0.3 is 5.32 Å². The maximum atomic E-state index is 3.16. The fraction of sp³-hybridized carbons (Fsp3) is 1.00. The van der Waals surface area contributed by atoms with Gasteiger partial charge in [-0.3, -0.25) is 0 Å². The third-order valence-electron chi connectivity index (χ3n) is 2.07. The summed E-state index contributed by atoms with van der Waals surface area (Å²) in [5, 5.41) is 3.16. The van der Waals surface area contributed by atoms with Gasteiger partial charge in [-0.15, -0.1) is 0 Å². The average Bonchev–Trinajstić information content (AvgIpc) is 1.84. The Hall–Kier alpha value is 0.310. The molecule has 10 heavy (non-hydrogen) atoms. The van der Waals surface area contributed by atoms with Gasteiger partial charge in [0.15, 0.2) is 0 Å². The van der Waals surface area contributed by atoms with Gasteiger partial charge in [-0.2, -0.15) is 11.8 Å². The van der Waals surface area contributed by atoms with Crippen molar-refractivity contribution in [3.8, 4) is 0 Å². The van der Waals surface area contributed by atoms with Crippen molar-refractivity contribution in [2.24, 2.45) is 5.92 Å². The van der Waals surface area contributed by atoms with Crippen LogP contribution >= 0.6 is 11.8 Å². The van der Waals surface area contributed by atoms with E-state index in [2.05, 4.69) is 17.1 Å². The molecule has 0 aromatic heterocycles. The molecule has 0 radical (unpaired) electrons. The Morgan fingerprint density at radius 2 is 2.30 bits per heavy atom. The van der Waals surface area contributed by atoms with Crippen molar-refractivity contribution >= 4 is 11.8 Å². The molecule has 0 aliphatic heterocycles. The van der Waals surface area contributed by atoms with Crippen LogP contribution in [0.4, 0.5) is 0 Å². The van der Waals surface area contributed by atoms with Crippen molar-refractivity contribution in [3.63, 3.8) is 0 Å². The molecule has 0 aromatic carbocycles. The molecule has 1 aliphatic rings. The second kappa shape index (κ2) is 5.03.